The maximum Gasteiger partial charge on any atom is 0.0633 e. The maximum absolute atomic E-state index is 5.04. The summed E-state index contributed by atoms with van der Waals surface area (Å²) >= 11 is 0. The van der Waals surface area contributed by atoms with Crippen molar-refractivity contribution in [1.82, 2.24) is 0 Å². The Morgan fingerprint density at radius 3 is 1.41 bits per heavy atom. The average Bonchev–Trinajstić information content (AvgIpc) is 2.76. The fraction of sp³-hybridized carbons (Fsp3) is 0.481. The Labute approximate surface area is 178 Å². The topological polar surface area (TPSA) is 24.7 Å². The molecule has 2 aromatic carbocycles. The van der Waals surface area contributed by atoms with Gasteiger partial charge in [0, 0.05) is 0 Å². The van der Waals surface area contributed by atoms with E-state index in [1.54, 1.807) is 0 Å². The van der Waals surface area contributed by atoms with E-state index in [9.17, 15) is 0 Å². The highest BCUT2D eigenvalue weighted by Crippen LogP contribution is 2.19. The standard InChI is InChI=1S/C27H38N2/c1-3-5-7-8-9-10-17-23-27(29-25-20-15-12-16-21-25)26(22-6-4-2)28-24-18-13-11-14-19-24/h11-16,18-21H,3-10,17,22-23H2,1-2H3. The minimum absolute atomic E-state index is 0.994. The lowest BCUT2D eigenvalue weighted by Gasteiger charge is -2.11. The second-order valence-corrected chi connectivity index (χ2v) is 7.76. The van der Waals surface area contributed by atoms with Crippen LogP contribution in [0.1, 0.15) is 84.5 Å². The molecule has 2 heteroatoms. The zero-order valence-corrected chi connectivity index (χ0v) is 18.4. The highest BCUT2D eigenvalue weighted by atomic mass is 14.8. The monoisotopic (exact) mass is 390 g/mol. The molecule has 0 fully saturated rings. The molecule has 0 saturated carbocycles. The third-order valence-corrected chi connectivity index (χ3v) is 5.16. The predicted octanol–water partition coefficient (Wildman–Crippen LogP) is 8.86. The van der Waals surface area contributed by atoms with E-state index < -0.39 is 0 Å². The Morgan fingerprint density at radius 1 is 0.517 bits per heavy atom. The number of benzene rings is 2. The first-order chi connectivity index (χ1) is 14.3. The van der Waals surface area contributed by atoms with Crippen molar-refractivity contribution in [3.05, 3.63) is 60.7 Å². The first kappa shape index (κ1) is 23.1. The van der Waals surface area contributed by atoms with E-state index in [0.717, 1.165) is 36.3 Å². The van der Waals surface area contributed by atoms with Crippen molar-refractivity contribution in [3.8, 4) is 0 Å². The molecule has 0 unspecified atom stereocenters. The molecule has 156 valence electrons. The van der Waals surface area contributed by atoms with E-state index in [1.165, 1.54) is 57.1 Å². The molecule has 0 heterocycles. The van der Waals surface area contributed by atoms with E-state index in [-0.39, 0.29) is 0 Å². The van der Waals surface area contributed by atoms with Gasteiger partial charge >= 0.3 is 0 Å². The Morgan fingerprint density at radius 2 is 0.931 bits per heavy atom. The molecule has 0 saturated heterocycles. The van der Waals surface area contributed by atoms with Crippen molar-refractivity contribution in [2.75, 3.05) is 0 Å². The van der Waals surface area contributed by atoms with Gasteiger partial charge in [-0.25, -0.2) is 0 Å². The molecule has 2 aromatic rings. The third kappa shape index (κ3) is 9.69. The van der Waals surface area contributed by atoms with Crippen LogP contribution in [0.15, 0.2) is 70.6 Å². The van der Waals surface area contributed by atoms with Gasteiger partial charge in [0.15, 0.2) is 0 Å². The summed E-state index contributed by atoms with van der Waals surface area (Å²) in [5, 5.41) is 0. The summed E-state index contributed by atoms with van der Waals surface area (Å²) in [6.07, 6.45) is 13.5. The van der Waals surface area contributed by atoms with Crippen LogP contribution in [0.5, 0.6) is 0 Å². The van der Waals surface area contributed by atoms with E-state index in [1.807, 2.05) is 12.1 Å². The van der Waals surface area contributed by atoms with Gasteiger partial charge in [0.2, 0.25) is 0 Å². The minimum Gasteiger partial charge on any atom is -0.252 e. The highest BCUT2D eigenvalue weighted by Gasteiger charge is 2.10. The normalized spacial score (nSPS) is 12.3. The molecule has 0 aromatic heterocycles. The minimum atomic E-state index is 0.994. The lowest BCUT2D eigenvalue weighted by molar-refractivity contribution is 0.595. The lowest BCUT2D eigenvalue weighted by atomic mass is 10.0. The van der Waals surface area contributed by atoms with Crippen molar-refractivity contribution in [2.24, 2.45) is 9.98 Å². The van der Waals surface area contributed by atoms with E-state index in [0.29, 0.717) is 0 Å². The van der Waals surface area contributed by atoms with E-state index >= 15 is 0 Å². The van der Waals surface area contributed by atoms with Crippen LogP contribution in [-0.4, -0.2) is 11.4 Å². The van der Waals surface area contributed by atoms with Gasteiger partial charge in [-0.2, -0.15) is 0 Å². The predicted molar refractivity (Wildman–Crippen MR) is 129 cm³/mol. The smallest absolute Gasteiger partial charge is 0.0633 e. The van der Waals surface area contributed by atoms with Gasteiger partial charge in [-0.15, -0.1) is 0 Å². The van der Waals surface area contributed by atoms with Crippen LogP contribution in [0.4, 0.5) is 11.4 Å². The van der Waals surface area contributed by atoms with Gasteiger partial charge in [-0.05, 0) is 49.9 Å². The summed E-state index contributed by atoms with van der Waals surface area (Å²) in [5.41, 5.74) is 4.39. The number of nitrogens with zero attached hydrogens (tertiary/aromatic N) is 2. The number of unbranched alkanes of at least 4 members (excludes halogenated alkanes) is 7. The van der Waals surface area contributed by atoms with E-state index in [4.69, 9.17) is 9.98 Å². The van der Waals surface area contributed by atoms with Crippen LogP contribution in [-0.2, 0) is 0 Å². The second kappa shape index (κ2) is 14.7. The Bertz CT molecular complexity index is 717. The Balaban J connectivity index is 2.14. The molecule has 29 heavy (non-hydrogen) atoms. The summed E-state index contributed by atoms with van der Waals surface area (Å²) in [5.74, 6) is 0. The number of rotatable bonds is 14. The second-order valence-electron chi connectivity index (χ2n) is 7.76. The summed E-state index contributed by atoms with van der Waals surface area (Å²) in [7, 11) is 0. The SMILES string of the molecule is CCCCCCCCCC(=Nc1ccccc1)C(CCCC)=Nc1ccccc1. The van der Waals surface area contributed by atoms with Gasteiger partial charge in [0.25, 0.3) is 0 Å². The molecule has 0 N–H and O–H groups in total. The summed E-state index contributed by atoms with van der Waals surface area (Å²) in [4.78, 5) is 10.1. The summed E-state index contributed by atoms with van der Waals surface area (Å²) < 4.78 is 0. The first-order valence-corrected chi connectivity index (χ1v) is 11.6. The van der Waals surface area contributed by atoms with Crippen molar-refractivity contribution in [3.63, 3.8) is 0 Å². The molecule has 0 aliphatic heterocycles. The molecular weight excluding hydrogens is 352 g/mol. The first-order valence-electron chi connectivity index (χ1n) is 11.6. The number of aliphatic imine (C=N–C) groups is 2. The average molecular weight is 391 g/mol. The van der Waals surface area contributed by atoms with Crippen LogP contribution in [0.25, 0.3) is 0 Å². The molecule has 0 radical (unpaired) electrons. The van der Waals surface area contributed by atoms with E-state index in [2.05, 4.69) is 62.4 Å². The highest BCUT2D eigenvalue weighted by molar-refractivity contribution is 6.43. The quantitative estimate of drug-likeness (QED) is 0.227. The zero-order valence-electron chi connectivity index (χ0n) is 18.4. The van der Waals surface area contributed by atoms with Crippen molar-refractivity contribution >= 4 is 22.8 Å². The molecule has 0 bridgehead atoms. The van der Waals surface area contributed by atoms with Crippen molar-refractivity contribution in [1.29, 1.82) is 0 Å². The van der Waals surface area contributed by atoms with Crippen molar-refractivity contribution in [2.45, 2.75) is 84.5 Å². The fourth-order valence-electron chi connectivity index (χ4n) is 3.44. The molecule has 0 atom stereocenters. The fourth-order valence-corrected chi connectivity index (χ4v) is 3.44. The maximum atomic E-state index is 5.04. The van der Waals surface area contributed by atoms with Gasteiger partial charge in [0.05, 0.1) is 22.8 Å². The molecule has 0 spiro atoms. The summed E-state index contributed by atoms with van der Waals surface area (Å²) in [6.45, 7) is 4.51. The van der Waals surface area contributed by atoms with Gasteiger partial charge in [-0.1, -0.05) is 95.2 Å². The Hall–Kier alpha value is -2.22. The number of hydrogen-bond acceptors (Lipinski definition) is 2. The van der Waals surface area contributed by atoms with Crippen LogP contribution >= 0.6 is 0 Å². The van der Waals surface area contributed by atoms with Crippen molar-refractivity contribution < 1.29 is 0 Å². The van der Waals surface area contributed by atoms with Crippen LogP contribution < -0.4 is 0 Å². The van der Waals surface area contributed by atoms with Gasteiger partial charge in [0.1, 0.15) is 0 Å². The van der Waals surface area contributed by atoms with Crippen LogP contribution in [0.2, 0.25) is 0 Å². The molecule has 0 amide bonds. The zero-order chi connectivity index (χ0) is 20.6. The molecule has 0 aliphatic carbocycles. The molecule has 2 rings (SSSR count). The van der Waals surface area contributed by atoms with Gasteiger partial charge in [-0.3, -0.25) is 9.98 Å². The number of hydrogen-bond donors (Lipinski definition) is 0. The van der Waals surface area contributed by atoms with Gasteiger partial charge < -0.3 is 0 Å². The lowest BCUT2D eigenvalue weighted by Crippen LogP contribution is -2.14. The summed E-state index contributed by atoms with van der Waals surface area (Å²) in [6, 6.07) is 20.7. The third-order valence-electron chi connectivity index (χ3n) is 5.16. The van der Waals surface area contributed by atoms with Crippen LogP contribution in [0.3, 0.4) is 0 Å². The molecule has 0 aliphatic rings. The largest absolute Gasteiger partial charge is 0.252 e. The molecule has 2 nitrogen and oxygen atoms in total. The molecular formula is C27H38N2. The Kier molecular flexibility index (Phi) is 11.7. The number of para-hydroxylation sites is 2. The van der Waals surface area contributed by atoms with Crippen LogP contribution in [0, 0.1) is 0 Å².